The largest absolute Gasteiger partial charge is 0.545 e. The number of carboxylic acids is 1. The van der Waals surface area contributed by atoms with Crippen molar-refractivity contribution in [2.45, 2.75) is 0 Å². The molecular weight excluding hydrogens is 234 g/mol. The Hall–Kier alpha value is -2.56. The van der Waals surface area contributed by atoms with Crippen molar-refractivity contribution in [3.05, 3.63) is 54.3 Å². The first-order valence-corrected chi connectivity index (χ1v) is 5.12. The molecule has 0 bridgehead atoms. The molecule has 0 radical (unpaired) electrons. The van der Waals surface area contributed by atoms with Gasteiger partial charge in [0.1, 0.15) is 0 Å². The van der Waals surface area contributed by atoms with E-state index in [-0.39, 0.29) is 5.57 Å². The maximum Gasteiger partial charge on any atom is 0.339 e. The standard InChI is InChI=1S/C13H13NO4/c1-18-13(17)10(7-8-12(15)16)9-14-11-5-3-2-4-6-11/h2-9,14H,1H3,(H,15,16)/p-1. The number of nitrogens with one attached hydrogen (secondary N) is 1. The average molecular weight is 246 g/mol. The van der Waals surface area contributed by atoms with Crippen molar-refractivity contribution in [3.63, 3.8) is 0 Å². The summed E-state index contributed by atoms with van der Waals surface area (Å²) in [7, 11) is 1.21. The summed E-state index contributed by atoms with van der Waals surface area (Å²) in [6.45, 7) is 0. The lowest BCUT2D eigenvalue weighted by molar-refractivity contribution is -0.297. The minimum Gasteiger partial charge on any atom is -0.545 e. The highest BCUT2D eigenvalue weighted by molar-refractivity contribution is 5.93. The van der Waals surface area contributed by atoms with Crippen LogP contribution in [0.4, 0.5) is 5.69 Å². The number of para-hydroxylation sites is 1. The molecule has 0 aromatic heterocycles. The van der Waals surface area contributed by atoms with Gasteiger partial charge in [0, 0.05) is 11.9 Å². The first-order chi connectivity index (χ1) is 8.63. The molecule has 5 nitrogen and oxygen atoms in total. The van der Waals surface area contributed by atoms with Gasteiger partial charge in [-0.1, -0.05) is 18.2 Å². The Kier molecular flexibility index (Phi) is 5.18. The Bertz CT molecular complexity index is 477. The number of esters is 1. The second-order valence-corrected chi connectivity index (χ2v) is 3.25. The molecule has 0 saturated carbocycles. The third-order valence-electron chi connectivity index (χ3n) is 1.99. The minimum atomic E-state index is -1.38. The zero-order valence-electron chi connectivity index (χ0n) is 9.75. The summed E-state index contributed by atoms with van der Waals surface area (Å²) in [5, 5.41) is 13.1. The van der Waals surface area contributed by atoms with Gasteiger partial charge in [0.05, 0.1) is 18.7 Å². The number of carboxylic acid groups (broad SMARTS) is 1. The van der Waals surface area contributed by atoms with Gasteiger partial charge >= 0.3 is 5.97 Å². The van der Waals surface area contributed by atoms with E-state index < -0.39 is 11.9 Å². The normalized spacial score (nSPS) is 11.3. The van der Waals surface area contributed by atoms with Gasteiger partial charge in [-0.3, -0.25) is 0 Å². The van der Waals surface area contributed by atoms with E-state index >= 15 is 0 Å². The monoisotopic (exact) mass is 246 g/mol. The van der Waals surface area contributed by atoms with E-state index in [4.69, 9.17) is 0 Å². The van der Waals surface area contributed by atoms with Crippen LogP contribution in [0.2, 0.25) is 0 Å². The van der Waals surface area contributed by atoms with Crippen LogP contribution in [0.3, 0.4) is 0 Å². The predicted octanol–water partition coefficient (Wildman–Crippen LogP) is 0.461. The van der Waals surface area contributed by atoms with Crippen LogP contribution < -0.4 is 10.4 Å². The van der Waals surface area contributed by atoms with E-state index in [1.165, 1.54) is 13.3 Å². The topological polar surface area (TPSA) is 78.5 Å². The maximum absolute atomic E-state index is 11.4. The molecular formula is C13H12NO4-. The summed E-state index contributed by atoms with van der Waals surface area (Å²) in [6.07, 6.45) is 3.23. The molecule has 1 aromatic rings. The molecule has 0 aliphatic heterocycles. The van der Waals surface area contributed by atoms with E-state index in [1.807, 2.05) is 18.2 Å². The number of hydrogen-bond donors (Lipinski definition) is 1. The van der Waals surface area contributed by atoms with E-state index in [1.54, 1.807) is 12.1 Å². The van der Waals surface area contributed by atoms with Crippen molar-refractivity contribution in [2.75, 3.05) is 12.4 Å². The third kappa shape index (κ3) is 4.52. The maximum atomic E-state index is 11.4. The number of rotatable bonds is 5. The van der Waals surface area contributed by atoms with E-state index in [0.717, 1.165) is 17.8 Å². The fraction of sp³-hybridized carbons (Fsp3) is 0.0769. The van der Waals surface area contributed by atoms with Gasteiger partial charge in [-0.2, -0.15) is 0 Å². The molecule has 1 N–H and O–H groups in total. The lowest BCUT2D eigenvalue weighted by Gasteiger charge is -2.03. The van der Waals surface area contributed by atoms with Crippen LogP contribution in [0.25, 0.3) is 0 Å². The third-order valence-corrected chi connectivity index (χ3v) is 1.99. The molecule has 1 aromatic carbocycles. The average Bonchev–Trinajstić information content (AvgIpc) is 2.39. The van der Waals surface area contributed by atoms with Gasteiger partial charge in [0.25, 0.3) is 0 Å². The van der Waals surface area contributed by atoms with Crippen LogP contribution >= 0.6 is 0 Å². The van der Waals surface area contributed by atoms with Crippen LogP contribution in [0.15, 0.2) is 54.3 Å². The molecule has 94 valence electrons. The van der Waals surface area contributed by atoms with Crippen molar-refractivity contribution in [3.8, 4) is 0 Å². The number of carbonyl (C=O) groups excluding carboxylic acids is 2. The molecule has 0 aliphatic rings. The van der Waals surface area contributed by atoms with Gasteiger partial charge in [0.2, 0.25) is 0 Å². The Morgan fingerprint density at radius 1 is 1.22 bits per heavy atom. The number of aliphatic carboxylic acids is 1. The van der Waals surface area contributed by atoms with Crippen LogP contribution in [-0.2, 0) is 14.3 Å². The second-order valence-electron chi connectivity index (χ2n) is 3.25. The molecule has 0 aliphatic carbocycles. The van der Waals surface area contributed by atoms with E-state index in [2.05, 4.69) is 10.1 Å². The SMILES string of the molecule is COC(=O)C(C=CC(=O)[O-])=CNc1ccccc1. The number of benzene rings is 1. The van der Waals surface area contributed by atoms with Crippen molar-refractivity contribution >= 4 is 17.6 Å². The molecule has 1 rings (SSSR count). The summed E-state index contributed by atoms with van der Waals surface area (Å²) >= 11 is 0. The van der Waals surface area contributed by atoms with Gasteiger partial charge in [-0.05, 0) is 24.3 Å². The van der Waals surface area contributed by atoms with E-state index in [9.17, 15) is 14.7 Å². The summed E-state index contributed by atoms with van der Waals surface area (Å²) < 4.78 is 4.52. The highest BCUT2D eigenvalue weighted by Crippen LogP contribution is 2.07. The zero-order chi connectivity index (χ0) is 13.4. The number of ether oxygens (including phenoxy) is 1. The molecule has 0 amide bonds. The van der Waals surface area contributed by atoms with Crippen molar-refractivity contribution in [1.29, 1.82) is 0 Å². The van der Waals surface area contributed by atoms with Gasteiger partial charge in [-0.25, -0.2) is 4.79 Å². The van der Waals surface area contributed by atoms with Crippen LogP contribution in [0, 0.1) is 0 Å². The van der Waals surface area contributed by atoms with E-state index in [0.29, 0.717) is 0 Å². The molecule has 18 heavy (non-hydrogen) atoms. The van der Waals surface area contributed by atoms with Crippen molar-refractivity contribution in [1.82, 2.24) is 0 Å². The molecule has 0 unspecified atom stereocenters. The summed E-state index contributed by atoms with van der Waals surface area (Å²) in [6, 6.07) is 9.10. The summed E-state index contributed by atoms with van der Waals surface area (Å²) in [4.78, 5) is 21.6. The predicted molar refractivity (Wildman–Crippen MR) is 64.3 cm³/mol. The smallest absolute Gasteiger partial charge is 0.339 e. The Morgan fingerprint density at radius 2 is 1.89 bits per heavy atom. The van der Waals surface area contributed by atoms with Crippen LogP contribution in [0.1, 0.15) is 0 Å². The van der Waals surface area contributed by atoms with Gasteiger partial charge in [-0.15, -0.1) is 0 Å². The highest BCUT2D eigenvalue weighted by Gasteiger charge is 2.05. The van der Waals surface area contributed by atoms with Crippen molar-refractivity contribution < 1.29 is 19.4 Å². The van der Waals surface area contributed by atoms with Gasteiger partial charge < -0.3 is 20.0 Å². The first kappa shape index (κ1) is 13.5. The Morgan fingerprint density at radius 3 is 2.44 bits per heavy atom. The Labute approximate surface area is 104 Å². The first-order valence-electron chi connectivity index (χ1n) is 5.12. The molecule has 0 atom stereocenters. The molecule has 0 heterocycles. The number of methoxy groups -OCH3 is 1. The lowest BCUT2D eigenvalue weighted by Crippen LogP contribution is -2.19. The van der Waals surface area contributed by atoms with Gasteiger partial charge in [0.15, 0.2) is 0 Å². The molecule has 5 heteroatoms. The second kappa shape index (κ2) is 6.90. The Balaban J connectivity index is 2.83. The number of hydrogen-bond acceptors (Lipinski definition) is 5. The van der Waals surface area contributed by atoms with Crippen molar-refractivity contribution in [2.24, 2.45) is 0 Å². The fourth-order valence-electron chi connectivity index (χ4n) is 1.15. The number of anilines is 1. The molecule has 0 fully saturated rings. The van der Waals surface area contributed by atoms with Crippen LogP contribution in [0.5, 0.6) is 0 Å². The molecule has 0 spiro atoms. The summed E-state index contributed by atoms with van der Waals surface area (Å²) in [5.41, 5.74) is 0.839. The number of carbonyl (C=O) groups is 2. The highest BCUT2D eigenvalue weighted by atomic mass is 16.5. The molecule has 0 saturated heterocycles. The lowest BCUT2D eigenvalue weighted by atomic mass is 10.2. The zero-order valence-corrected chi connectivity index (χ0v) is 9.75. The summed E-state index contributed by atoms with van der Waals surface area (Å²) in [5.74, 6) is -2.03. The van der Waals surface area contributed by atoms with Crippen LogP contribution in [-0.4, -0.2) is 19.0 Å². The quantitative estimate of drug-likeness (QED) is 0.464. The minimum absolute atomic E-state index is 0.0746. The fourth-order valence-corrected chi connectivity index (χ4v) is 1.15.